The minimum absolute atomic E-state index is 0. The molecule has 0 aliphatic carbocycles. The summed E-state index contributed by atoms with van der Waals surface area (Å²) in [5.41, 5.74) is 1.24. The van der Waals surface area contributed by atoms with E-state index in [0.717, 1.165) is 44.4 Å². The molecule has 2 aromatic rings. The highest BCUT2D eigenvalue weighted by Crippen LogP contribution is 2.26. The quantitative estimate of drug-likeness (QED) is 0.362. The molecule has 1 aromatic carbocycles. The number of hydrogen-bond donors (Lipinski definition) is 2. The largest absolute Gasteiger partial charge is 0.497 e. The van der Waals surface area contributed by atoms with E-state index in [-0.39, 0.29) is 24.0 Å². The molecule has 1 saturated heterocycles. The summed E-state index contributed by atoms with van der Waals surface area (Å²) in [6.07, 6.45) is 5.33. The van der Waals surface area contributed by atoms with Gasteiger partial charge in [0.25, 0.3) is 0 Å². The van der Waals surface area contributed by atoms with Crippen LogP contribution >= 0.6 is 24.0 Å². The van der Waals surface area contributed by atoms with Crippen molar-refractivity contribution in [2.75, 3.05) is 45.2 Å². The molecule has 3 rings (SSSR count). The Morgan fingerprint density at radius 1 is 1.22 bits per heavy atom. The number of aliphatic imine (C=N–C) groups is 1. The van der Waals surface area contributed by atoms with Crippen LogP contribution in [-0.4, -0.2) is 50.9 Å². The van der Waals surface area contributed by atoms with Crippen LogP contribution in [-0.2, 0) is 6.54 Å². The van der Waals surface area contributed by atoms with Gasteiger partial charge in [-0.15, -0.1) is 24.0 Å². The SMILES string of the molecule is CN=C(NCCn1cccc1)NCC1CCN(c2cccc(OC)c2)C1.I. The number of hydrogen-bond acceptors (Lipinski definition) is 3. The van der Waals surface area contributed by atoms with Gasteiger partial charge < -0.3 is 24.8 Å². The van der Waals surface area contributed by atoms with Gasteiger partial charge in [0, 0.05) is 63.9 Å². The van der Waals surface area contributed by atoms with Crippen LogP contribution in [0.25, 0.3) is 0 Å². The van der Waals surface area contributed by atoms with E-state index in [2.05, 4.69) is 55.7 Å². The third-order valence-electron chi connectivity index (χ3n) is 4.81. The third-order valence-corrected chi connectivity index (χ3v) is 4.81. The Morgan fingerprint density at radius 3 is 2.78 bits per heavy atom. The molecule has 148 valence electrons. The number of anilines is 1. The Hall–Kier alpha value is -1.90. The number of guanidine groups is 1. The lowest BCUT2D eigenvalue weighted by Crippen LogP contribution is -2.41. The van der Waals surface area contributed by atoms with Crippen molar-refractivity contribution in [2.24, 2.45) is 10.9 Å². The molecule has 2 heterocycles. The lowest BCUT2D eigenvalue weighted by atomic mass is 10.1. The zero-order chi connectivity index (χ0) is 18.2. The summed E-state index contributed by atoms with van der Waals surface area (Å²) in [6, 6.07) is 12.4. The second-order valence-corrected chi connectivity index (χ2v) is 6.60. The van der Waals surface area contributed by atoms with Gasteiger partial charge in [-0.1, -0.05) is 6.07 Å². The molecular weight excluding hydrogens is 453 g/mol. The number of nitrogens with one attached hydrogen (secondary N) is 2. The Labute approximate surface area is 179 Å². The minimum atomic E-state index is 0. The van der Waals surface area contributed by atoms with Crippen molar-refractivity contribution in [3.05, 3.63) is 48.8 Å². The maximum Gasteiger partial charge on any atom is 0.191 e. The Balaban J connectivity index is 0.00000261. The second-order valence-electron chi connectivity index (χ2n) is 6.60. The molecule has 1 aliphatic heterocycles. The number of rotatable bonds is 7. The van der Waals surface area contributed by atoms with E-state index in [1.807, 2.05) is 25.2 Å². The summed E-state index contributed by atoms with van der Waals surface area (Å²) >= 11 is 0. The molecule has 0 spiro atoms. The molecular formula is C20H30IN5O. The molecule has 0 saturated carbocycles. The molecule has 0 bridgehead atoms. The number of benzene rings is 1. The summed E-state index contributed by atoms with van der Waals surface area (Å²) in [5, 5.41) is 6.84. The normalized spacial score (nSPS) is 16.7. The molecule has 0 amide bonds. The van der Waals surface area contributed by atoms with E-state index < -0.39 is 0 Å². The highest BCUT2D eigenvalue weighted by molar-refractivity contribution is 14.0. The summed E-state index contributed by atoms with van der Waals surface area (Å²) in [5.74, 6) is 2.40. The van der Waals surface area contributed by atoms with Crippen LogP contribution < -0.4 is 20.3 Å². The summed E-state index contributed by atoms with van der Waals surface area (Å²) < 4.78 is 7.49. The summed E-state index contributed by atoms with van der Waals surface area (Å²) in [4.78, 5) is 6.75. The first-order chi connectivity index (χ1) is 12.8. The van der Waals surface area contributed by atoms with Gasteiger partial charge in [-0.05, 0) is 36.6 Å². The van der Waals surface area contributed by atoms with Crippen molar-refractivity contribution in [3.8, 4) is 5.75 Å². The van der Waals surface area contributed by atoms with Crippen LogP contribution in [0, 0.1) is 5.92 Å². The second kappa shape index (κ2) is 11.1. The van der Waals surface area contributed by atoms with Gasteiger partial charge in [0.2, 0.25) is 0 Å². The van der Waals surface area contributed by atoms with Crippen molar-refractivity contribution in [1.82, 2.24) is 15.2 Å². The average molecular weight is 483 g/mol. The maximum absolute atomic E-state index is 5.33. The zero-order valence-corrected chi connectivity index (χ0v) is 18.4. The van der Waals surface area contributed by atoms with Crippen molar-refractivity contribution in [3.63, 3.8) is 0 Å². The predicted octanol–water partition coefficient (Wildman–Crippen LogP) is 2.81. The molecule has 1 aromatic heterocycles. The number of aromatic nitrogens is 1. The van der Waals surface area contributed by atoms with Crippen molar-refractivity contribution >= 4 is 35.6 Å². The Kier molecular flexibility index (Phi) is 8.77. The fourth-order valence-electron chi connectivity index (χ4n) is 3.33. The van der Waals surface area contributed by atoms with Crippen molar-refractivity contribution in [2.45, 2.75) is 13.0 Å². The highest BCUT2D eigenvalue weighted by atomic mass is 127. The first kappa shape index (κ1) is 21.4. The standard InChI is InChI=1S/C20H29N5O.HI/c1-21-20(22-9-13-24-10-3-4-11-24)23-15-17-8-12-25(16-17)18-6-5-7-19(14-18)26-2;/h3-7,10-11,14,17H,8-9,12-13,15-16H2,1-2H3,(H2,21,22,23);1H. The van der Waals surface area contributed by atoms with E-state index in [9.17, 15) is 0 Å². The van der Waals surface area contributed by atoms with Gasteiger partial charge >= 0.3 is 0 Å². The average Bonchev–Trinajstić information content (AvgIpc) is 3.36. The lowest BCUT2D eigenvalue weighted by Gasteiger charge is -2.20. The molecule has 2 N–H and O–H groups in total. The predicted molar refractivity (Wildman–Crippen MR) is 123 cm³/mol. The lowest BCUT2D eigenvalue weighted by molar-refractivity contribution is 0.415. The van der Waals surface area contributed by atoms with Gasteiger partial charge in [0.05, 0.1) is 7.11 Å². The van der Waals surface area contributed by atoms with E-state index in [1.54, 1.807) is 7.11 Å². The van der Waals surface area contributed by atoms with Crippen molar-refractivity contribution in [1.29, 1.82) is 0 Å². The molecule has 0 radical (unpaired) electrons. The topological polar surface area (TPSA) is 53.8 Å². The van der Waals surface area contributed by atoms with E-state index in [4.69, 9.17) is 4.74 Å². The highest BCUT2D eigenvalue weighted by Gasteiger charge is 2.23. The van der Waals surface area contributed by atoms with Gasteiger partial charge in [0.1, 0.15) is 5.75 Å². The maximum atomic E-state index is 5.33. The molecule has 6 nitrogen and oxygen atoms in total. The zero-order valence-electron chi connectivity index (χ0n) is 16.1. The molecule has 1 fully saturated rings. The van der Waals surface area contributed by atoms with Crippen LogP contribution in [0.5, 0.6) is 5.75 Å². The number of ether oxygens (including phenoxy) is 1. The van der Waals surface area contributed by atoms with Gasteiger partial charge in [0.15, 0.2) is 5.96 Å². The first-order valence-electron chi connectivity index (χ1n) is 9.23. The number of methoxy groups -OCH3 is 1. The molecule has 1 aliphatic rings. The third kappa shape index (κ3) is 6.34. The summed E-state index contributed by atoms with van der Waals surface area (Å²) in [6.45, 7) is 4.86. The van der Waals surface area contributed by atoms with Crippen LogP contribution in [0.15, 0.2) is 53.8 Å². The fourth-order valence-corrected chi connectivity index (χ4v) is 3.33. The van der Waals surface area contributed by atoms with E-state index in [0.29, 0.717) is 5.92 Å². The van der Waals surface area contributed by atoms with Crippen LogP contribution in [0.4, 0.5) is 5.69 Å². The van der Waals surface area contributed by atoms with Crippen LogP contribution in [0.2, 0.25) is 0 Å². The minimum Gasteiger partial charge on any atom is -0.497 e. The number of nitrogens with zero attached hydrogens (tertiary/aromatic N) is 3. The van der Waals surface area contributed by atoms with Gasteiger partial charge in [-0.25, -0.2) is 0 Å². The van der Waals surface area contributed by atoms with E-state index >= 15 is 0 Å². The van der Waals surface area contributed by atoms with Gasteiger partial charge in [-0.3, -0.25) is 4.99 Å². The molecule has 7 heteroatoms. The smallest absolute Gasteiger partial charge is 0.191 e. The molecule has 1 unspecified atom stereocenters. The van der Waals surface area contributed by atoms with Gasteiger partial charge in [-0.2, -0.15) is 0 Å². The Bertz CT molecular complexity index is 704. The molecule has 1 atom stereocenters. The van der Waals surface area contributed by atoms with Crippen LogP contribution in [0.3, 0.4) is 0 Å². The monoisotopic (exact) mass is 483 g/mol. The summed E-state index contributed by atoms with van der Waals surface area (Å²) in [7, 11) is 3.53. The van der Waals surface area contributed by atoms with Crippen molar-refractivity contribution < 1.29 is 4.74 Å². The Morgan fingerprint density at radius 2 is 2.04 bits per heavy atom. The van der Waals surface area contributed by atoms with E-state index in [1.165, 1.54) is 12.1 Å². The number of halogens is 1. The fraction of sp³-hybridized carbons (Fsp3) is 0.450. The first-order valence-corrected chi connectivity index (χ1v) is 9.23. The molecule has 27 heavy (non-hydrogen) atoms. The van der Waals surface area contributed by atoms with Crippen LogP contribution in [0.1, 0.15) is 6.42 Å².